The van der Waals surface area contributed by atoms with Gasteiger partial charge in [-0.2, -0.15) is 4.39 Å². The number of alkyl halides is 1. The molecule has 6 nitrogen and oxygen atoms in total. The number of carbonyl (C=O) groups is 2. The van der Waals surface area contributed by atoms with Crippen LogP contribution in [0, 0.1) is 10.8 Å². The monoisotopic (exact) mass is 347 g/mol. The number of hydrogen-bond donors (Lipinski definition) is 0. The number of ether oxygens (including phenoxy) is 3. The molecule has 0 heterocycles. The normalized spacial score (nSPS) is 15.0. The van der Waals surface area contributed by atoms with Gasteiger partial charge in [-0.25, -0.2) is 9.59 Å². The Balaban J connectivity index is 5.10. The minimum Gasteiger partial charge on any atom is -0.464 e. The van der Waals surface area contributed by atoms with Crippen molar-refractivity contribution in [2.75, 3.05) is 7.11 Å². The van der Waals surface area contributed by atoms with E-state index in [1.54, 1.807) is 6.21 Å². The average Bonchev–Trinajstić information content (AvgIpc) is 2.49. The molecule has 0 bridgehead atoms. The summed E-state index contributed by atoms with van der Waals surface area (Å²) in [4.78, 5) is 27.0. The second-order valence-corrected chi connectivity index (χ2v) is 7.10. The van der Waals surface area contributed by atoms with Gasteiger partial charge in [0.15, 0.2) is 0 Å². The predicted molar refractivity (Wildman–Crippen MR) is 89.5 cm³/mol. The maximum Gasteiger partial charge on any atom is 0.513 e. The van der Waals surface area contributed by atoms with E-state index in [0.29, 0.717) is 6.42 Å². The second kappa shape index (κ2) is 9.59. The van der Waals surface area contributed by atoms with Gasteiger partial charge in [0.05, 0.1) is 7.11 Å². The van der Waals surface area contributed by atoms with E-state index in [4.69, 9.17) is 4.74 Å². The van der Waals surface area contributed by atoms with E-state index in [1.807, 2.05) is 20.8 Å². The SMILES string of the molecule is CCC=NC(OC(=O)OC(F)C(=O)OC)C(C)(C)CC(C)(C)CC. The van der Waals surface area contributed by atoms with E-state index >= 15 is 0 Å². The first-order chi connectivity index (χ1) is 11.0. The van der Waals surface area contributed by atoms with Crippen molar-refractivity contribution in [3.63, 3.8) is 0 Å². The average molecular weight is 347 g/mol. The summed E-state index contributed by atoms with van der Waals surface area (Å²) in [6.07, 6.45) is -0.698. The molecule has 0 aromatic rings. The molecular formula is C17H30FNO5. The van der Waals surface area contributed by atoms with Crippen LogP contribution in [0.3, 0.4) is 0 Å². The molecule has 2 unspecified atom stereocenters. The summed E-state index contributed by atoms with van der Waals surface area (Å²) in [5.41, 5.74) is -0.479. The Labute approximate surface area is 143 Å². The van der Waals surface area contributed by atoms with Gasteiger partial charge in [-0.3, -0.25) is 4.99 Å². The summed E-state index contributed by atoms with van der Waals surface area (Å²) in [5, 5.41) is 0. The highest BCUT2D eigenvalue weighted by Crippen LogP contribution is 2.39. The molecule has 0 aliphatic heterocycles. The first kappa shape index (κ1) is 22.3. The van der Waals surface area contributed by atoms with Gasteiger partial charge < -0.3 is 14.2 Å². The number of carbonyl (C=O) groups excluding carboxylic acids is 2. The minimum absolute atomic E-state index is 0.0192. The number of esters is 1. The highest BCUT2D eigenvalue weighted by Gasteiger charge is 2.38. The maximum atomic E-state index is 13.3. The lowest BCUT2D eigenvalue weighted by Gasteiger charge is -2.37. The van der Waals surface area contributed by atoms with Crippen molar-refractivity contribution in [3.8, 4) is 0 Å². The first-order valence-electron chi connectivity index (χ1n) is 8.10. The fraction of sp³-hybridized carbons (Fsp3) is 0.824. The zero-order valence-corrected chi connectivity index (χ0v) is 15.7. The van der Waals surface area contributed by atoms with E-state index in [1.165, 1.54) is 0 Å². The molecule has 0 aliphatic carbocycles. The Morgan fingerprint density at radius 3 is 2.21 bits per heavy atom. The molecular weight excluding hydrogens is 317 g/mol. The molecule has 0 radical (unpaired) electrons. The number of hydrogen-bond acceptors (Lipinski definition) is 6. The molecule has 0 fully saturated rings. The van der Waals surface area contributed by atoms with Crippen LogP contribution in [0.1, 0.15) is 60.8 Å². The quantitative estimate of drug-likeness (QED) is 0.460. The lowest BCUT2D eigenvalue weighted by Crippen LogP contribution is -2.37. The summed E-state index contributed by atoms with van der Waals surface area (Å²) < 4.78 is 26.9. The van der Waals surface area contributed by atoms with Gasteiger partial charge in [0.1, 0.15) is 0 Å². The fourth-order valence-corrected chi connectivity index (χ4v) is 2.38. The van der Waals surface area contributed by atoms with Crippen molar-refractivity contribution >= 4 is 18.3 Å². The van der Waals surface area contributed by atoms with Gasteiger partial charge >= 0.3 is 18.5 Å². The molecule has 24 heavy (non-hydrogen) atoms. The van der Waals surface area contributed by atoms with E-state index in [0.717, 1.165) is 20.0 Å². The third kappa shape index (κ3) is 7.75. The van der Waals surface area contributed by atoms with Crippen molar-refractivity contribution in [2.24, 2.45) is 15.8 Å². The smallest absolute Gasteiger partial charge is 0.464 e. The van der Waals surface area contributed by atoms with Gasteiger partial charge in [0.25, 0.3) is 0 Å². The molecule has 0 saturated heterocycles. The van der Waals surface area contributed by atoms with Crippen LogP contribution in [0.4, 0.5) is 9.18 Å². The van der Waals surface area contributed by atoms with Crippen LogP contribution in [0.25, 0.3) is 0 Å². The Kier molecular flexibility index (Phi) is 8.93. The Morgan fingerprint density at radius 1 is 1.17 bits per heavy atom. The number of methoxy groups -OCH3 is 1. The lowest BCUT2D eigenvalue weighted by molar-refractivity contribution is -0.164. The number of aliphatic imine (C=N–C) groups is 1. The minimum atomic E-state index is -2.52. The summed E-state index contributed by atoms with van der Waals surface area (Å²) in [6, 6.07) is 0. The van der Waals surface area contributed by atoms with E-state index in [-0.39, 0.29) is 5.41 Å². The summed E-state index contributed by atoms with van der Waals surface area (Å²) in [5.74, 6) is -1.30. The van der Waals surface area contributed by atoms with Crippen LogP contribution < -0.4 is 0 Å². The third-order valence-corrected chi connectivity index (χ3v) is 3.78. The standard InChI is InChI=1S/C17H30FNO5/c1-8-10-19-14(17(5,6)11-16(3,4)9-2)24-15(21)23-12(18)13(20)22-7/h10,12,14H,8-9,11H2,1-7H3. The van der Waals surface area contributed by atoms with Crippen LogP contribution in [0.5, 0.6) is 0 Å². The largest absolute Gasteiger partial charge is 0.513 e. The number of rotatable bonds is 9. The number of nitrogens with zero attached hydrogens (tertiary/aromatic N) is 1. The van der Waals surface area contributed by atoms with Crippen LogP contribution in [-0.2, 0) is 19.0 Å². The van der Waals surface area contributed by atoms with Gasteiger partial charge in [-0.15, -0.1) is 0 Å². The predicted octanol–water partition coefficient (Wildman–Crippen LogP) is 4.27. The summed E-state index contributed by atoms with van der Waals surface area (Å²) in [7, 11) is 0.994. The highest BCUT2D eigenvalue weighted by atomic mass is 19.1. The first-order valence-corrected chi connectivity index (χ1v) is 8.10. The van der Waals surface area contributed by atoms with Crippen molar-refractivity contribution < 1.29 is 28.2 Å². The van der Waals surface area contributed by atoms with Crippen molar-refractivity contribution in [3.05, 3.63) is 0 Å². The van der Waals surface area contributed by atoms with Crippen molar-refractivity contribution in [2.45, 2.75) is 73.4 Å². The summed E-state index contributed by atoms with van der Waals surface area (Å²) >= 11 is 0. The molecule has 0 saturated carbocycles. The summed E-state index contributed by atoms with van der Waals surface area (Å²) in [6.45, 7) is 12.0. The molecule has 140 valence electrons. The fourth-order valence-electron chi connectivity index (χ4n) is 2.38. The topological polar surface area (TPSA) is 74.2 Å². The van der Waals surface area contributed by atoms with Gasteiger partial charge in [0, 0.05) is 11.6 Å². The molecule has 0 N–H and O–H groups in total. The van der Waals surface area contributed by atoms with Gasteiger partial charge in [-0.05, 0) is 18.3 Å². The van der Waals surface area contributed by atoms with Crippen LogP contribution in [0.15, 0.2) is 4.99 Å². The van der Waals surface area contributed by atoms with E-state index in [9.17, 15) is 14.0 Å². The third-order valence-electron chi connectivity index (χ3n) is 3.78. The van der Waals surface area contributed by atoms with Gasteiger partial charge in [-0.1, -0.05) is 48.0 Å². The maximum absolute atomic E-state index is 13.3. The molecule has 0 aromatic heterocycles. The molecule has 2 atom stereocenters. The zero-order valence-electron chi connectivity index (χ0n) is 15.7. The molecule has 0 rings (SSSR count). The number of halogens is 1. The Morgan fingerprint density at radius 2 is 1.75 bits per heavy atom. The highest BCUT2D eigenvalue weighted by molar-refractivity contribution is 5.75. The van der Waals surface area contributed by atoms with Crippen LogP contribution >= 0.6 is 0 Å². The zero-order chi connectivity index (χ0) is 19.0. The molecule has 7 heteroatoms. The van der Waals surface area contributed by atoms with E-state index < -0.39 is 30.1 Å². The van der Waals surface area contributed by atoms with Crippen molar-refractivity contribution in [1.82, 2.24) is 0 Å². The van der Waals surface area contributed by atoms with Crippen molar-refractivity contribution in [1.29, 1.82) is 0 Å². The Bertz CT molecular complexity index is 448. The molecule has 0 spiro atoms. The van der Waals surface area contributed by atoms with Crippen LogP contribution in [-0.4, -0.2) is 38.0 Å². The van der Waals surface area contributed by atoms with Crippen LogP contribution in [0.2, 0.25) is 0 Å². The lowest BCUT2D eigenvalue weighted by atomic mass is 9.73. The van der Waals surface area contributed by atoms with E-state index in [2.05, 4.69) is 35.2 Å². The van der Waals surface area contributed by atoms with Gasteiger partial charge in [0.2, 0.25) is 6.23 Å². The molecule has 0 aromatic carbocycles. The second-order valence-electron chi connectivity index (χ2n) is 7.10. The molecule has 0 amide bonds. The Hall–Kier alpha value is -1.66. The molecule has 0 aliphatic rings.